The Hall–Kier alpha value is -4.96. The highest BCUT2D eigenvalue weighted by molar-refractivity contribution is 7.10. The van der Waals surface area contributed by atoms with Crippen molar-refractivity contribution in [3.63, 3.8) is 0 Å². The topological polar surface area (TPSA) is 116 Å². The first-order valence-corrected chi connectivity index (χ1v) is 24.6. The summed E-state index contributed by atoms with van der Waals surface area (Å²) < 4.78 is 17.7. The van der Waals surface area contributed by atoms with Crippen LogP contribution in [0, 0.1) is 19.3 Å². The van der Waals surface area contributed by atoms with Crippen molar-refractivity contribution in [1.82, 2.24) is 24.5 Å². The third-order valence-corrected chi connectivity index (χ3v) is 11.6. The van der Waals surface area contributed by atoms with E-state index in [0.717, 1.165) is 35.2 Å². The molecule has 0 aliphatic heterocycles. The maximum Gasteiger partial charge on any atom is 0.199 e. The number of hydrogen-bond acceptors (Lipinski definition) is 9. The molecule has 0 fully saturated rings. The molecule has 1 aliphatic rings. The minimum atomic E-state index is 0.0451. The molecule has 1 N–H and O–H groups in total. The molecule has 0 saturated carbocycles. The van der Waals surface area contributed by atoms with Crippen molar-refractivity contribution >= 4 is 11.3 Å². The number of aromatic hydroxyl groups is 1. The number of allylic oxidation sites excluding steroid dienone is 4. The van der Waals surface area contributed by atoms with Crippen molar-refractivity contribution in [1.29, 1.82) is 0 Å². The van der Waals surface area contributed by atoms with Gasteiger partial charge in [-0.1, -0.05) is 169 Å². The Balaban J connectivity index is 0.000000397. The first kappa shape index (κ1) is 61.1. The van der Waals surface area contributed by atoms with Crippen molar-refractivity contribution in [2.75, 3.05) is 0 Å². The molecular weight excluding hydrogens is 863 g/mol. The molecule has 7 rings (SSSR count). The summed E-state index contributed by atoms with van der Waals surface area (Å²) >= 11 is 1.86. The summed E-state index contributed by atoms with van der Waals surface area (Å²) in [6.45, 7) is 49.4. The number of hydrogen-bond donors (Lipinski definition) is 1. The number of nitrogens with zero attached hydrogens (tertiary/aromatic N) is 5. The van der Waals surface area contributed by atoms with Crippen LogP contribution in [0.4, 0.5) is 0 Å². The van der Waals surface area contributed by atoms with Gasteiger partial charge in [-0.05, 0) is 77.3 Å². The Labute approximate surface area is 417 Å². The van der Waals surface area contributed by atoms with Crippen molar-refractivity contribution in [2.24, 2.45) is 12.5 Å². The second kappa shape index (κ2) is 25.6. The Kier molecular flexibility index (Phi) is 23.0. The molecule has 1 aliphatic carbocycles. The van der Waals surface area contributed by atoms with E-state index in [9.17, 15) is 0 Å². The van der Waals surface area contributed by atoms with Crippen molar-refractivity contribution in [3.05, 3.63) is 148 Å². The molecule has 9 nitrogen and oxygen atoms in total. The predicted octanol–water partition coefficient (Wildman–Crippen LogP) is 16.9. The van der Waals surface area contributed by atoms with Gasteiger partial charge in [0.1, 0.15) is 29.3 Å². The van der Waals surface area contributed by atoms with Gasteiger partial charge >= 0.3 is 0 Å². The number of oxazole rings is 2. The fraction of sp³-hybridized carbons (Fsp3) is 0.552. The number of aromatic nitrogens is 5. The normalized spacial score (nSPS) is 12.7. The second-order valence-electron chi connectivity index (χ2n) is 24.4. The molecular formula is C58H91N5O4S. The predicted molar refractivity (Wildman–Crippen MR) is 288 cm³/mol. The molecule has 6 aromatic rings. The second-order valence-corrected chi connectivity index (χ2v) is 25.4. The molecule has 6 aromatic heterocycles. The van der Waals surface area contributed by atoms with Crippen LogP contribution in [0.25, 0.3) is 0 Å². The summed E-state index contributed by atoms with van der Waals surface area (Å²) in [6.07, 6.45) is 21.2. The molecule has 0 radical (unpaired) electrons. The molecule has 68 heavy (non-hydrogen) atoms. The summed E-state index contributed by atoms with van der Waals surface area (Å²) in [7, 11) is 2.02. The summed E-state index contributed by atoms with van der Waals surface area (Å²) in [5.41, 5.74) is 6.57. The minimum Gasteiger partial charge on any atom is -0.506 e. The van der Waals surface area contributed by atoms with E-state index in [1.165, 1.54) is 28.7 Å². The van der Waals surface area contributed by atoms with E-state index in [1.807, 2.05) is 50.0 Å². The van der Waals surface area contributed by atoms with Gasteiger partial charge in [-0.2, -0.15) is 0 Å². The highest BCUT2D eigenvalue weighted by Crippen LogP contribution is 2.31. The monoisotopic (exact) mass is 954 g/mol. The van der Waals surface area contributed by atoms with Crippen LogP contribution in [0.1, 0.15) is 197 Å². The maximum absolute atomic E-state index is 9.11. The van der Waals surface area contributed by atoms with Gasteiger partial charge in [-0.25, -0.2) is 15.0 Å². The summed E-state index contributed by atoms with van der Waals surface area (Å²) in [5.74, 6) is 4.01. The van der Waals surface area contributed by atoms with Gasteiger partial charge in [0.2, 0.25) is 0 Å². The van der Waals surface area contributed by atoms with Crippen LogP contribution in [0.5, 0.6) is 5.75 Å². The lowest BCUT2D eigenvalue weighted by Crippen LogP contribution is -2.15. The van der Waals surface area contributed by atoms with Crippen molar-refractivity contribution in [2.45, 2.75) is 198 Å². The number of aryl methyl sites for hydroxylation is 3. The van der Waals surface area contributed by atoms with Crippen LogP contribution in [0.3, 0.4) is 0 Å². The van der Waals surface area contributed by atoms with Gasteiger partial charge in [0.05, 0.1) is 24.9 Å². The van der Waals surface area contributed by atoms with Gasteiger partial charge < -0.3 is 22.9 Å². The molecule has 6 heterocycles. The Morgan fingerprint density at radius 3 is 1.47 bits per heavy atom. The number of imidazole rings is 1. The molecule has 378 valence electrons. The number of rotatable bonds is 0. The highest BCUT2D eigenvalue weighted by Gasteiger charge is 2.20. The van der Waals surface area contributed by atoms with Gasteiger partial charge in [-0.15, -0.1) is 11.3 Å². The maximum atomic E-state index is 9.11. The molecule has 10 heteroatoms. The number of pyridine rings is 1. The summed E-state index contributed by atoms with van der Waals surface area (Å²) in [6, 6.07) is 7.97. The van der Waals surface area contributed by atoms with E-state index in [-0.39, 0.29) is 32.8 Å². The number of furan rings is 1. The average molecular weight is 954 g/mol. The molecule has 0 saturated heterocycles. The third-order valence-electron chi connectivity index (χ3n) is 10.2. The average Bonchev–Trinajstić information content (AvgIpc) is 4.03. The Bertz CT molecular complexity index is 2250. The first-order valence-electron chi connectivity index (χ1n) is 23.7. The Morgan fingerprint density at radius 1 is 0.618 bits per heavy atom. The van der Waals surface area contributed by atoms with E-state index in [1.54, 1.807) is 36.5 Å². The molecule has 0 spiro atoms. The van der Waals surface area contributed by atoms with Crippen LogP contribution in [-0.2, 0) is 39.5 Å². The van der Waals surface area contributed by atoms with Gasteiger partial charge in [-0.3, -0.25) is 4.98 Å². The minimum absolute atomic E-state index is 0.0451. The number of thiophene rings is 1. The zero-order valence-corrected chi connectivity index (χ0v) is 47.6. The SMILES string of the molecule is CC(C)(C)C1=CC=CC1.CC(C)(C)c1cncc(O)c1.CC(C)(C)c1cnco1.CC(C)(C)c1ncco1.Cc1ccc(C(C)(C)C)o1.Cc1ccsc1C(C)(C)C.Cn1cncc1C(C)(C)C. The van der Waals surface area contributed by atoms with Crippen molar-refractivity contribution in [3.8, 4) is 5.75 Å². The third kappa shape index (κ3) is 23.4. The van der Waals surface area contributed by atoms with Gasteiger partial charge in [0, 0.05) is 51.7 Å². The fourth-order valence-corrected chi connectivity index (χ4v) is 7.10. The molecule has 0 unspecified atom stereocenters. The smallest absolute Gasteiger partial charge is 0.199 e. The summed E-state index contributed by atoms with van der Waals surface area (Å²) in [5, 5.41) is 11.3. The lowest BCUT2D eigenvalue weighted by Gasteiger charge is -2.19. The van der Waals surface area contributed by atoms with Gasteiger partial charge in [0.15, 0.2) is 12.3 Å². The van der Waals surface area contributed by atoms with Crippen LogP contribution in [-0.4, -0.2) is 29.6 Å². The summed E-state index contributed by atoms with van der Waals surface area (Å²) in [4.78, 5) is 17.3. The zero-order valence-electron chi connectivity index (χ0n) is 46.8. The van der Waals surface area contributed by atoms with E-state index in [2.05, 4.69) is 206 Å². The zero-order chi connectivity index (χ0) is 52.5. The van der Waals surface area contributed by atoms with Crippen molar-refractivity contribution < 1.29 is 18.4 Å². The molecule has 0 aromatic carbocycles. The van der Waals surface area contributed by atoms with Crippen LogP contribution < -0.4 is 0 Å². The van der Waals surface area contributed by atoms with E-state index >= 15 is 0 Å². The van der Waals surface area contributed by atoms with E-state index < -0.39 is 0 Å². The lowest BCUT2D eigenvalue weighted by atomic mass is 9.86. The molecule has 0 atom stereocenters. The van der Waals surface area contributed by atoms with Crippen LogP contribution in [0.2, 0.25) is 0 Å². The molecule has 0 bridgehead atoms. The fourth-order valence-electron chi connectivity index (χ4n) is 6.08. The van der Waals surface area contributed by atoms with Gasteiger partial charge in [0.25, 0.3) is 0 Å². The highest BCUT2D eigenvalue weighted by atomic mass is 32.1. The first-order chi connectivity index (χ1) is 30.8. The molecule has 0 amide bonds. The lowest BCUT2D eigenvalue weighted by molar-refractivity contribution is 0.392. The Morgan fingerprint density at radius 2 is 1.24 bits per heavy atom. The quantitative estimate of drug-likeness (QED) is 0.160. The van der Waals surface area contributed by atoms with Crippen LogP contribution in [0.15, 0.2) is 117 Å². The van der Waals surface area contributed by atoms with Crippen LogP contribution >= 0.6 is 11.3 Å². The standard InChI is InChI=1S/C9H13NO.C9H14O.C9H14S.C9H14.C8H14N2.2C7H11NO/c1-9(2,3)7-4-8(11)6-10-5-7;1-7-5-6-8(10-7)9(2,3)4;1-7-5-6-10-8(7)9(2,3)4;1-9(2,3)8-6-4-5-7-8;1-8(2,3)7-5-9-6-10(7)4;1-7(2,3)6-4-8-5-9-6;1-7(2,3)6-8-4-5-9-6/h4-6,11H,1-3H3;2*5-6H,1-4H3;4-6H,7H2,1-3H3;5-6H,1-4H3;2*4-5H,1-3H3. The van der Waals surface area contributed by atoms with E-state index in [4.69, 9.17) is 18.4 Å². The largest absolute Gasteiger partial charge is 0.506 e. The van der Waals surface area contributed by atoms with E-state index in [0.29, 0.717) is 10.8 Å².